The lowest BCUT2D eigenvalue weighted by molar-refractivity contribution is 0.0511. The molecule has 0 radical (unpaired) electrons. The number of nitrogens with zero attached hydrogens (tertiary/aromatic N) is 1. The van der Waals surface area contributed by atoms with Gasteiger partial charge in [-0.1, -0.05) is 53.7 Å². The van der Waals surface area contributed by atoms with E-state index in [0.717, 1.165) is 5.56 Å². The number of carbonyl (C=O) groups is 1. The van der Waals surface area contributed by atoms with Crippen molar-refractivity contribution in [3.05, 3.63) is 71.8 Å². The molecular weight excluding hydrogens is 254 g/mol. The molecule has 0 amide bonds. The first-order chi connectivity index (χ1) is 9.81. The second-order valence-corrected chi connectivity index (χ2v) is 4.07. The molecule has 0 spiro atoms. The van der Waals surface area contributed by atoms with Gasteiger partial charge >= 0.3 is 5.97 Å². The van der Waals surface area contributed by atoms with E-state index in [1.54, 1.807) is 31.4 Å². The molecule has 0 fully saturated rings. The van der Waals surface area contributed by atoms with Gasteiger partial charge in [-0.3, -0.25) is 0 Å². The van der Waals surface area contributed by atoms with E-state index in [0.29, 0.717) is 5.56 Å². The van der Waals surface area contributed by atoms with Crippen LogP contribution in [0.1, 0.15) is 22.0 Å². The van der Waals surface area contributed by atoms with Crippen LogP contribution in [0.25, 0.3) is 0 Å². The zero-order chi connectivity index (χ0) is 14.2. The van der Waals surface area contributed by atoms with Crippen molar-refractivity contribution in [3.63, 3.8) is 0 Å². The zero-order valence-electron chi connectivity index (χ0n) is 11.1. The third kappa shape index (κ3) is 3.76. The van der Waals surface area contributed by atoms with Crippen molar-refractivity contribution in [3.8, 4) is 0 Å². The molecule has 0 unspecified atom stereocenters. The Balaban J connectivity index is 1.97. The molecule has 0 N–H and O–H groups in total. The third-order valence-corrected chi connectivity index (χ3v) is 2.72. The van der Waals surface area contributed by atoms with Crippen molar-refractivity contribution in [1.82, 2.24) is 0 Å². The predicted molar refractivity (Wildman–Crippen MR) is 76.5 cm³/mol. The average Bonchev–Trinajstić information content (AvgIpc) is 2.53. The molecule has 102 valence electrons. The first-order valence-electron chi connectivity index (χ1n) is 6.19. The van der Waals surface area contributed by atoms with Crippen molar-refractivity contribution in [1.29, 1.82) is 0 Å². The quantitative estimate of drug-likeness (QED) is 0.475. The van der Waals surface area contributed by atoms with Crippen LogP contribution in [0.3, 0.4) is 0 Å². The van der Waals surface area contributed by atoms with Gasteiger partial charge in [0, 0.05) is 7.11 Å². The van der Waals surface area contributed by atoms with Gasteiger partial charge in [-0.15, -0.1) is 0 Å². The number of benzene rings is 2. The molecule has 0 aliphatic rings. The van der Waals surface area contributed by atoms with E-state index in [4.69, 9.17) is 9.57 Å². The molecule has 0 bridgehead atoms. The van der Waals surface area contributed by atoms with Gasteiger partial charge in [-0.25, -0.2) is 4.79 Å². The molecule has 2 rings (SSSR count). The van der Waals surface area contributed by atoms with Crippen LogP contribution in [-0.2, 0) is 9.57 Å². The number of oxime groups is 1. The molecule has 0 aliphatic carbocycles. The molecular formula is C16H15NO3. The Hall–Kier alpha value is -2.46. The summed E-state index contributed by atoms with van der Waals surface area (Å²) in [7, 11) is 1.57. The Labute approximate surface area is 117 Å². The summed E-state index contributed by atoms with van der Waals surface area (Å²) in [4.78, 5) is 16.5. The van der Waals surface area contributed by atoms with Gasteiger partial charge in [0.05, 0.1) is 11.8 Å². The summed E-state index contributed by atoms with van der Waals surface area (Å²) in [5.41, 5.74) is 1.40. The summed E-state index contributed by atoms with van der Waals surface area (Å²) in [6.45, 7) is 0. The molecule has 1 atom stereocenters. The van der Waals surface area contributed by atoms with Crippen molar-refractivity contribution in [2.75, 3.05) is 7.11 Å². The Kier molecular flexibility index (Phi) is 5.03. The molecule has 0 heterocycles. The second-order valence-electron chi connectivity index (χ2n) is 4.07. The Morgan fingerprint density at radius 3 is 2.25 bits per heavy atom. The number of hydrogen-bond acceptors (Lipinski definition) is 4. The minimum absolute atomic E-state index is 0.347. The lowest BCUT2D eigenvalue weighted by Gasteiger charge is -2.09. The second kappa shape index (κ2) is 7.21. The van der Waals surface area contributed by atoms with Crippen LogP contribution in [0.2, 0.25) is 0 Å². The summed E-state index contributed by atoms with van der Waals surface area (Å²) in [6, 6.07) is 18.3. The van der Waals surface area contributed by atoms with Crippen LogP contribution < -0.4 is 0 Å². The largest absolute Gasteiger partial charge is 0.371 e. The molecule has 0 saturated carbocycles. The van der Waals surface area contributed by atoms with Gasteiger partial charge in [0.15, 0.2) is 0 Å². The topological polar surface area (TPSA) is 47.9 Å². The van der Waals surface area contributed by atoms with E-state index in [1.165, 1.54) is 6.21 Å². The lowest BCUT2D eigenvalue weighted by Crippen LogP contribution is -2.05. The van der Waals surface area contributed by atoms with E-state index < -0.39 is 5.97 Å². The molecule has 2 aromatic carbocycles. The number of rotatable bonds is 5. The van der Waals surface area contributed by atoms with E-state index in [1.807, 2.05) is 36.4 Å². The van der Waals surface area contributed by atoms with Crippen molar-refractivity contribution >= 4 is 12.2 Å². The normalized spacial score (nSPS) is 12.2. The van der Waals surface area contributed by atoms with Crippen LogP contribution in [0.5, 0.6) is 0 Å². The Bertz CT molecular complexity index is 567. The third-order valence-electron chi connectivity index (χ3n) is 2.72. The van der Waals surface area contributed by atoms with E-state index in [9.17, 15) is 4.79 Å². The first-order valence-corrected chi connectivity index (χ1v) is 6.19. The highest BCUT2D eigenvalue weighted by atomic mass is 16.7. The highest BCUT2D eigenvalue weighted by molar-refractivity contribution is 5.89. The lowest BCUT2D eigenvalue weighted by atomic mass is 10.1. The van der Waals surface area contributed by atoms with Gasteiger partial charge in [-0.2, -0.15) is 0 Å². The Morgan fingerprint density at radius 2 is 1.65 bits per heavy atom. The molecule has 0 aliphatic heterocycles. The molecule has 20 heavy (non-hydrogen) atoms. The Morgan fingerprint density at radius 1 is 1.05 bits per heavy atom. The standard InChI is InChI=1S/C16H15NO3/c1-19-15(13-8-4-2-5-9-13)12-17-20-16(18)14-10-6-3-7-11-14/h2-12,15H,1H3/b17-12-/t15-/m1/s1. The molecule has 4 heteroatoms. The number of hydrogen-bond donors (Lipinski definition) is 0. The average molecular weight is 269 g/mol. The van der Waals surface area contributed by atoms with Gasteiger partial charge < -0.3 is 9.57 Å². The van der Waals surface area contributed by atoms with Crippen LogP contribution in [0, 0.1) is 0 Å². The van der Waals surface area contributed by atoms with Crippen LogP contribution >= 0.6 is 0 Å². The van der Waals surface area contributed by atoms with Gasteiger partial charge in [-0.05, 0) is 17.7 Å². The van der Waals surface area contributed by atoms with Crippen molar-refractivity contribution in [2.24, 2.45) is 5.16 Å². The van der Waals surface area contributed by atoms with E-state index in [2.05, 4.69) is 5.16 Å². The van der Waals surface area contributed by atoms with E-state index in [-0.39, 0.29) is 6.10 Å². The van der Waals surface area contributed by atoms with Crippen LogP contribution in [-0.4, -0.2) is 19.3 Å². The van der Waals surface area contributed by atoms with Gasteiger partial charge in [0.25, 0.3) is 0 Å². The minimum atomic E-state index is -0.496. The number of carbonyl (C=O) groups excluding carboxylic acids is 1. The maximum absolute atomic E-state index is 11.7. The smallest absolute Gasteiger partial charge is 0.365 e. The number of methoxy groups -OCH3 is 1. The first kappa shape index (κ1) is 14.0. The van der Waals surface area contributed by atoms with Crippen molar-refractivity contribution in [2.45, 2.75) is 6.10 Å². The van der Waals surface area contributed by atoms with Gasteiger partial charge in [0.1, 0.15) is 6.10 Å². The highest BCUT2D eigenvalue weighted by Crippen LogP contribution is 2.13. The summed E-state index contributed by atoms with van der Waals surface area (Å²) < 4.78 is 5.28. The SMILES string of the molecule is CO[C@H](/C=N\OC(=O)c1ccccc1)c1ccccc1. The van der Waals surface area contributed by atoms with Crippen molar-refractivity contribution < 1.29 is 14.4 Å². The molecule has 2 aromatic rings. The molecule has 0 aromatic heterocycles. The molecule has 4 nitrogen and oxygen atoms in total. The number of ether oxygens (including phenoxy) is 1. The maximum atomic E-state index is 11.7. The molecule has 0 saturated heterocycles. The van der Waals surface area contributed by atoms with E-state index >= 15 is 0 Å². The van der Waals surface area contributed by atoms with Gasteiger partial charge in [0.2, 0.25) is 0 Å². The highest BCUT2D eigenvalue weighted by Gasteiger charge is 2.08. The fraction of sp³-hybridized carbons (Fsp3) is 0.125. The summed E-state index contributed by atoms with van der Waals surface area (Å²) in [5, 5.41) is 3.70. The summed E-state index contributed by atoms with van der Waals surface area (Å²) in [5.74, 6) is -0.496. The maximum Gasteiger partial charge on any atom is 0.365 e. The predicted octanol–water partition coefficient (Wildman–Crippen LogP) is 3.22. The van der Waals surface area contributed by atoms with Crippen LogP contribution in [0.15, 0.2) is 65.8 Å². The fourth-order valence-electron chi connectivity index (χ4n) is 1.69. The monoisotopic (exact) mass is 269 g/mol. The zero-order valence-corrected chi connectivity index (χ0v) is 11.1. The fourth-order valence-corrected chi connectivity index (χ4v) is 1.69. The summed E-state index contributed by atoms with van der Waals surface area (Å²) >= 11 is 0. The van der Waals surface area contributed by atoms with Crippen LogP contribution in [0.4, 0.5) is 0 Å². The minimum Gasteiger partial charge on any atom is -0.371 e. The summed E-state index contributed by atoms with van der Waals surface area (Å²) in [6.07, 6.45) is 1.11.